The van der Waals surface area contributed by atoms with Gasteiger partial charge in [0.05, 0.1) is 12.1 Å². The van der Waals surface area contributed by atoms with Crippen molar-refractivity contribution in [2.75, 3.05) is 37.6 Å². The molecular formula is C13H17F3N4O. The Kier molecular flexibility index (Phi) is 4.66. The van der Waals surface area contributed by atoms with Crippen molar-refractivity contribution in [3.05, 3.63) is 23.9 Å². The summed E-state index contributed by atoms with van der Waals surface area (Å²) in [7, 11) is 0. The van der Waals surface area contributed by atoms with Crippen molar-refractivity contribution in [3.8, 4) is 0 Å². The van der Waals surface area contributed by atoms with Crippen LogP contribution in [0.3, 0.4) is 0 Å². The van der Waals surface area contributed by atoms with Crippen LogP contribution in [0.15, 0.2) is 18.3 Å². The number of amides is 1. The fourth-order valence-electron chi connectivity index (χ4n) is 2.32. The highest BCUT2D eigenvalue weighted by atomic mass is 19.4. The molecular weight excluding hydrogens is 285 g/mol. The first-order chi connectivity index (χ1) is 9.86. The van der Waals surface area contributed by atoms with Gasteiger partial charge in [0.2, 0.25) is 5.91 Å². The first kappa shape index (κ1) is 15.6. The molecule has 0 saturated carbocycles. The highest BCUT2D eigenvalue weighted by Gasteiger charge is 2.31. The topological polar surface area (TPSA) is 62.5 Å². The Morgan fingerprint density at radius 2 is 2.00 bits per heavy atom. The number of carbonyl (C=O) groups is 1. The summed E-state index contributed by atoms with van der Waals surface area (Å²) in [5.41, 5.74) is 4.41. The van der Waals surface area contributed by atoms with E-state index in [9.17, 15) is 18.0 Å². The minimum absolute atomic E-state index is 0.203. The Morgan fingerprint density at radius 1 is 1.24 bits per heavy atom. The lowest BCUT2D eigenvalue weighted by Crippen LogP contribution is -2.36. The van der Waals surface area contributed by atoms with Gasteiger partial charge in [-0.1, -0.05) is 0 Å². The van der Waals surface area contributed by atoms with E-state index in [1.807, 2.05) is 9.80 Å². The average molecular weight is 302 g/mol. The van der Waals surface area contributed by atoms with Gasteiger partial charge >= 0.3 is 6.18 Å². The zero-order valence-corrected chi connectivity index (χ0v) is 11.4. The van der Waals surface area contributed by atoms with Crippen LogP contribution in [-0.2, 0) is 11.0 Å². The van der Waals surface area contributed by atoms with Crippen LogP contribution in [0.2, 0.25) is 0 Å². The number of anilines is 1. The van der Waals surface area contributed by atoms with Crippen molar-refractivity contribution < 1.29 is 18.0 Å². The Morgan fingerprint density at radius 3 is 2.57 bits per heavy atom. The molecule has 0 radical (unpaired) electrons. The average Bonchev–Trinajstić information content (AvgIpc) is 2.63. The van der Waals surface area contributed by atoms with Gasteiger partial charge in [0.1, 0.15) is 5.82 Å². The molecule has 0 bridgehead atoms. The Bertz CT molecular complexity index is 489. The maximum Gasteiger partial charge on any atom is 0.417 e. The number of nitrogens with two attached hydrogens (primary N) is 1. The van der Waals surface area contributed by atoms with Gasteiger partial charge < -0.3 is 10.6 Å². The standard InChI is InChI=1S/C13H17F3N4O/c14-13(15,16)10-2-3-12(18-8-10)20-5-1-4-19(6-7-20)9-11(17)21/h2-3,8H,1,4-7,9H2,(H2,17,21). The number of carbonyl (C=O) groups excluding carboxylic acids is 1. The predicted molar refractivity (Wildman–Crippen MR) is 71.7 cm³/mol. The van der Waals surface area contributed by atoms with E-state index in [1.54, 1.807) is 0 Å². The molecule has 1 aromatic heterocycles. The van der Waals surface area contributed by atoms with Crippen molar-refractivity contribution in [1.82, 2.24) is 9.88 Å². The second kappa shape index (κ2) is 6.30. The Balaban J connectivity index is 2.00. The first-order valence-corrected chi connectivity index (χ1v) is 6.65. The van der Waals surface area contributed by atoms with Crippen LogP contribution in [0, 0.1) is 0 Å². The van der Waals surface area contributed by atoms with Gasteiger partial charge in [0.25, 0.3) is 0 Å². The summed E-state index contributed by atoms with van der Waals surface area (Å²) < 4.78 is 37.5. The molecule has 1 amide bonds. The number of primary amides is 1. The summed E-state index contributed by atoms with van der Waals surface area (Å²) in [5.74, 6) is 0.139. The molecule has 1 aliphatic heterocycles. The fraction of sp³-hybridized carbons (Fsp3) is 0.538. The van der Waals surface area contributed by atoms with Crippen molar-refractivity contribution in [2.45, 2.75) is 12.6 Å². The van der Waals surface area contributed by atoms with Crippen molar-refractivity contribution in [1.29, 1.82) is 0 Å². The van der Waals surface area contributed by atoms with Crippen LogP contribution < -0.4 is 10.6 Å². The number of nitrogens with zero attached hydrogens (tertiary/aromatic N) is 3. The van der Waals surface area contributed by atoms with E-state index in [0.29, 0.717) is 25.5 Å². The van der Waals surface area contributed by atoms with Gasteiger partial charge in [0, 0.05) is 32.4 Å². The molecule has 8 heteroatoms. The molecule has 1 aliphatic rings. The number of rotatable bonds is 3. The van der Waals surface area contributed by atoms with Crippen molar-refractivity contribution in [3.63, 3.8) is 0 Å². The quantitative estimate of drug-likeness (QED) is 0.908. The van der Waals surface area contributed by atoms with Gasteiger partial charge in [0.15, 0.2) is 0 Å². The van der Waals surface area contributed by atoms with Crippen LogP contribution >= 0.6 is 0 Å². The lowest BCUT2D eigenvalue weighted by molar-refractivity contribution is -0.137. The van der Waals surface area contributed by atoms with Crippen molar-refractivity contribution in [2.24, 2.45) is 5.73 Å². The SMILES string of the molecule is NC(=O)CN1CCCN(c2ccc(C(F)(F)F)cn2)CC1. The molecule has 5 nitrogen and oxygen atoms in total. The van der Waals surface area contributed by atoms with Crippen LogP contribution in [0.5, 0.6) is 0 Å². The van der Waals surface area contributed by atoms with Crippen molar-refractivity contribution >= 4 is 11.7 Å². The highest BCUT2D eigenvalue weighted by molar-refractivity contribution is 5.75. The molecule has 2 heterocycles. The summed E-state index contributed by atoms with van der Waals surface area (Å²) in [4.78, 5) is 18.7. The van der Waals surface area contributed by atoms with Gasteiger partial charge in [-0.25, -0.2) is 4.98 Å². The third-order valence-corrected chi connectivity index (χ3v) is 3.37. The third kappa shape index (κ3) is 4.32. The van der Waals surface area contributed by atoms with E-state index in [4.69, 9.17) is 5.73 Å². The molecule has 0 aliphatic carbocycles. The Hall–Kier alpha value is -1.83. The summed E-state index contributed by atoms with van der Waals surface area (Å²) in [6.07, 6.45) is -2.72. The van der Waals surface area contributed by atoms with Crippen LogP contribution in [0.1, 0.15) is 12.0 Å². The molecule has 0 spiro atoms. The van der Waals surface area contributed by atoms with Crippen LogP contribution in [0.25, 0.3) is 0 Å². The number of hydrogen-bond donors (Lipinski definition) is 1. The largest absolute Gasteiger partial charge is 0.417 e. The number of aromatic nitrogens is 1. The predicted octanol–water partition coefficient (Wildman–Crippen LogP) is 1.10. The maximum atomic E-state index is 12.5. The van der Waals surface area contributed by atoms with Crippen LogP contribution in [0.4, 0.5) is 19.0 Å². The van der Waals surface area contributed by atoms with Crippen LogP contribution in [-0.4, -0.2) is 48.5 Å². The molecule has 1 saturated heterocycles. The minimum Gasteiger partial charge on any atom is -0.369 e. The second-order valence-electron chi connectivity index (χ2n) is 4.99. The van der Waals surface area contributed by atoms with E-state index in [2.05, 4.69) is 4.98 Å². The molecule has 0 atom stereocenters. The van der Waals surface area contributed by atoms with E-state index < -0.39 is 11.7 Å². The van der Waals surface area contributed by atoms with Gasteiger partial charge in [-0.3, -0.25) is 9.69 Å². The summed E-state index contributed by atoms with van der Waals surface area (Å²) in [6, 6.07) is 2.42. The summed E-state index contributed by atoms with van der Waals surface area (Å²) in [6.45, 7) is 2.86. The number of halogens is 3. The molecule has 1 fully saturated rings. The van der Waals surface area contributed by atoms with E-state index in [0.717, 1.165) is 25.2 Å². The monoisotopic (exact) mass is 302 g/mol. The summed E-state index contributed by atoms with van der Waals surface area (Å²) >= 11 is 0. The smallest absolute Gasteiger partial charge is 0.369 e. The molecule has 2 N–H and O–H groups in total. The molecule has 0 unspecified atom stereocenters. The molecule has 2 rings (SSSR count). The molecule has 1 aromatic rings. The van der Waals surface area contributed by atoms with E-state index in [-0.39, 0.29) is 12.5 Å². The van der Waals surface area contributed by atoms with E-state index >= 15 is 0 Å². The first-order valence-electron chi connectivity index (χ1n) is 6.65. The van der Waals surface area contributed by atoms with E-state index in [1.165, 1.54) is 6.07 Å². The molecule has 116 valence electrons. The zero-order valence-electron chi connectivity index (χ0n) is 11.4. The summed E-state index contributed by atoms with van der Waals surface area (Å²) in [5, 5.41) is 0. The zero-order chi connectivity index (χ0) is 15.5. The highest BCUT2D eigenvalue weighted by Crippen LogP contribution is 2.29. The fourth-order valence-corrected chi connectivity index (χ4v) is 2.32. The van der Waals surface area contributed by atoms with Gasteiger partial charge in [-0.05, 0) is 18.6 Å². The molecule has 0 aromatic carbocycles. The third-order valence-electron chi connectivity index (χ3n) is 3.37. The molecule has 21 heavy (non-hydrogen) atoms. The lowest BCUT2D eigenvalue weighted by atomic mass is 10.2. The maximum absolute atomic E-state index is 12.5. The van der Waals surface area contributed by atoms with Gasteiger partial charge in [-0.2, -0.15) is 13.2 Å². The minimum atomic E-state index is -4.37. The lowest BCUT2D eigenvalue weighted by Gasteiger charge is -2.22. The number of hydrogen-bond acceptors (Lipinski definition) is 4. The Labute approximate surface area is 120 Å². The second-order valence-corrected chi connectivity index (χ2v) is 4.99. The van der Waals surface area contributed by atoms with Gasteiger partial charge in [-0.15, -0.1) is 0 Å². The number of alkyl halides is 3. The normalized spacial score (nSPS) is 17.6. The number of pyridine rings is 1.